The van der Waals surface area contributed by atoms with Crippen molar-refractivity contribution in [3.8, 4) is 11.7 Å². The first-order valence-corrected chi connectivity index (χ1v) is 8.44. The van der Waals surface area contributed by atoms with Gasteiger partial charge in [0.15, 0.2) is 11.6 Å². The van der Waals surface area contributed by atoms with E-state index in [1.165, 1.54) is 6.26 Å². The summed E-state index contributed by atoms with van der Waals surface area (Å²) in [7, 11) is 0. The van der Waals surface area contributed by atoms with E-state index in [9.17, 15) is 4.79 Å². The molecule has 0 radical (unpaired) electrons. The molecule has 0 bridgehead atoms. The van der Waals surface area contributed by atoms with Crippen LogP contribution in [0.4, 0.5) is 0 Å². The number of amides is 1. The molecule has 2 aromatic heterocycles. The molecule has 130 valence electrons. The lowest BCUT2D eigenvalue weighted by molar-refractivity contribution is -0.121. The van der Waals surface area contributed by atoms with E-state index in [4.69, 9.17) is 32.1 Å². The van der Waals surface area contributed by atoms with E-state index in [-0.39, 0.29) is 18.3 Å². The Morgan fingerprint density at radius 3 is 2.84 bits per heavy atom. The van der Waals surface area contributed by atoms with Gasteiger partial charge in [-0.05, 0) is 42.7 Å². The van der Waals surface area contributed by atoms with E-state index in [1.807, 2.05) is 12.1 Å². The predicted molar refractivity (Wildman–Crippen MR) is 93.2 cm³/mol. The molecule has 0 saturated carbocycles. The van der Waals surface area contributed by atoms with Crippen LogP contribution in [0.25, 0.3) is 11.7 Å². The van der Waals surface area contributed by atoms with Crippen LogP contribution in [0.2, 0.25) is 10.0 Å². The van der Waals surface area contributed by atoms with Gasteiger partial charge in [-0.15, -0.1) is 0 Å². The van der Waals surface area contributed by atoms with Gasteiger partial charge in [0.2, 0.25) is 5.91 Å². The summed E-state index contributed by atoms with van der Waals surface area (Å²) in [5.41, 5.74) is 1.04. The fraction of sp³-hybridized carbons (Fsp3) is 0.235. The number of hydrogen-bond donors (Lipinski definition) is 1. The number of nitrogens with zero attached hydrogens (tertiary/aromatic N) is 2. The van der Waals surface area contributed by atoms with Gasteiger partial charge in [-0.1, -0.05) is 34.4 Å². The lowest BCUT2D eigenvalue weighted by Crippen LogP contribution is -2.23. The van der Waals surface area contributed by atoms with Gasteiger partial charge >= 0.3 is 0 Å². The molecule has 0 aliphatic rings. The molecule has 0 atom stereocenters. The molecule has 0 saturated heterocycles. The number of rotatable bonds is 7. The monoisotopic (exact) mass is 379 g/mol. The third-order valence-corrected chi connectivity index (χ3v) is 4.24. The zero-order chi connectivity index (χ0) is 17.6. The molecule has 3 rings (SSSR count). The zero-order valence-electron chi connectivity index (χ0n) is 13.2. The van der Waals surface area contributed by atoms with Crippen LogP contribution in [0, 0.1) is 0 Å². The Kier molecular flexibility index (Phi) is 5.73. The molecule has 25 heavy (non-hydrogen) atoms. The van der Waals surface area contributed by atoms with Gasteiger partial charge in [0, 0.05) is 6.42 Å². The molecular weight excluding hydrogens is 365 g/mol. The van der Waals surface area contributed by atoms with Crippen molar-refractivity contribution in [1.82, 2.24) is 15.5 Å². The van der Waals surface area contributed by atoms with E-state index in [2.05, 4.69) is 15.5 Å². The highest BCUT2D eigenvalue weighted by Crippen LogP contribution is 2.23. The topological polar surface area (TPSA) is 81.2 Å². The second kappa shape index (κ2) is 8.18. The molecule has 1 N–H and O–H groups in total. The maximum Gasteiger partial charge on any atom is 0.293 e. The molecule has 0 spiro atoms. The molecule has 1 amide bonds. The molecule has 8 heteroatoms. The van der Waals surface area contributed by atoms with Crippen LogP contribution in [0.5, 0.6) is 0 Å². The summed E-state index contributed by atoms with van der Waals surface area (Å²) in [5, 5.41) is 7.61. The van der Waals surface area contributed by atoms with Crippen LogP contribution in [0.3, 0.4) is 0 Å². The van der Waals surface area contributed by atoms with Crippen molar-refractivity contribution in [2.45, 2.75) is 25.8 Å². The van der Waals surface area contributed by atoms with Gasteiger partial charge in [-0.25, -0.2) is 0 Å². The summed E-state index contributed by atoms with van der Waals surface area (Å²) in [4.78, 5) is 16.1. The Morgan fingerprint density at radius 1 is 1.20 bits per heavy atom. The minimum Gasteiger partial charge on any atom is -0.459 e. The first kappa shape index (κ1) is 17.5. The Hall–Kier alpha value is -2.31. The number of halogens is 2. The van der Waals surface area contributed by atoms with Crippen LogP contribution < -0.4 is 5.32 Å². The number of aromatic nitrogens is 2. The minimum absolute atomic E-state index is 0.0793. The first-order valence-electron chi connectivity index (χ1n) is 7.69. The van der Waals surface area contributed by atoms with Gasteiger partial charge < -0.3 is 14.3 Å². The highest BCUT2D eigenvalue weighted by atomic mass is 35.5. The van der Waals surface area contributed by atoms with E-state index < -0.39 is 0 Å². The lowest BCUT2D eigenvalue weighted by Gasteiger charge is -2.04. The first-order chi connectivity index (χ1) is 12.1. The SMILES string of the molecule is O=C(CCCc1ccc(Cl)c(Cl)c1)NCc1noc(-c2ccco2)n1. The van der Waals surface area contributed by atoms with Gasteiger partial charge in [0.25, 0.3) is 5.89 Å². The number of aryl methyl sites for hydroxylation is 1. The van der Waals surface area contributed by atoms with E-state index in [0.29, 0.717) is 34.5 Å². The fourth-order valence-electron chi connectivity index (χ4n) is 2.24. The third-order valence-electron chi connectivity index (χ3n) is 3.50. The van der Waals surface area contributed by atoms with Crippen molar-refractivity contribution >= 4 is 29.1 Å². The number of nitrogens with one attached hydrogen (secondary N) is 1. The van der Waals surface area contributed by atoms with Crippen LogP contribution in [-0.2, 0) is 17.8 Å². The highest BCUT2D eigenvalue weighted by molar-refractivity contribution is 6.42. The van der Waals surface area contributed by atoms with Crippen molar-refractivity contribution in [2.24, 2.45) is 0 Å². The molecule has 3 aromatic rings. The molecule has 6 nitrogen and oxygen atoms in total. The Morgan fingerprint density at radius 2 is 2.08 bits per heavy atom. The van der Waals surface area contributed by atoms with Crippen LogP contribution >= 0.6 is 23.2 Å². The number of furan rings is 1. The highest BCUT2D eigenvalue weighted by Gasteiger charge is 2.11. The molecule has 1 aromatic carbocycles. The molecule has 0 aliphatic heterocycles. The maximum absolute atomic E-state index is 11.9. The van der Waals surface area contributed by atoms with Crippen LogP contribution in [0.1, 0.15) is 24.2 Å². The molecule has 2 heterocycles. The van der Waals surface area contributed by atoms with E-state index in [1.54, 1.807) is 18.2 Å². The fourth-order valence-corrected chi connectivity index (χ4v) is 2.56. The van der Waals surface area contributed by atoms with Crippen molar-refractivity contribution < 1.29 is 13.7 Å². The quantitative estimate of drug-likeness (QED) is 0.662. The van der Waals surface area contributed by atoms with Crippen molar-refractivity contribution in [3.05, 3.63) is 58.0 Å². The normalized spacial score (nSPS) is 10.8. The Balaban J connectivity index is 1.41. The van der Waals surface area contributed by atoms with Gasteiger partial charge in [-0.3, -0.25) is 4.79 Å². The zero-order valence-corrected chi connectivity index (χ0v) is 14.7. The summed E-state index contributed by atoms with van der Waals surface area (Å²) in [5.74, 6) is 1.09. The van der Waals surface area contributed by atoms with Crippen molar-refractivity contribution in [2.75, 3.05) is 0 Å². The van der Waals surface area contributed by atoms with Crippen LogP contribution in [-0.4, -0.2) is 16.0 Å². The standard InChI is InChI=1S/C17H15Cl2N3O3/c18-12-7-6-11(9-13(12)19)3-1-5-16(23)20-10-15-21-17(25-22-15)14-4-2-8-24-14/h2,4,6-9H,1,3,5,10H2,(H,20,23). The molecule has 0 aliphatic carbocycles. The summed E-state index contributed by atoms with van der Waals surface area (Å²) >= 11 is 11.8. The van der Waals surface area contributed by atoms with Gasteiger partial charge in [0.05, 0.1) is 22.9 Å². The summed E-state index contributed by atoms with van der Waals surface area (Å²) < 4.78 is 10.2. The number of benzene rings is 1. The minimum atomic E-state index is -0.0793. The smallest absolute Gasteiger partial charge is 0.293 e. The number of carbonyl (C=O) groups excluding carboxylic acids is 1. The number of hydrogen-bond acceptors (Lipinski definition) is 5. The second-order valence-electron chi connectivity index (χ2n) is 5.37. The lowest BCUT2D eigenvalue weighted by atomic mass is 10.1. The second-order valence-corrected chi connectivity index (χ2v) is 6.19. The number of carbonyl (C=O) groups is 1. The van der Waals surface area contributed by atoms with Gasteiger partial charge in [0.1, 0.15) is 0 Å². The van der Waals surface area contributed by atoms with E-state index >= 15 is 0 Å². The molecular formula is C17H15Cl2N3O3. The summed E-state index contributed by atoms with van der Waals surface area (Å²) in [6, 6.07) is 8.93. The van der Waals surface area contributed by atoms with E-state index in [0.717, 1.165) is 12.0 Å². The van der Waals surface area contributed by atoms with Crippen LogP contribution in [0.15, 0.2) is 45.5 Å². The predicted octanol–water partition coefficient (Wildman–Crippen LogP) is 4.28. The summed E-state index contributed by atoms with van der Waals surface area (Å²) in [6.07, 6.45) is 3.36. The summed E-state index contributed by atoms with van der Waals surface area (Å²) in [6.45, 7) is 0.204. The third kappa shape index (κ3) is 4.84. The van der Waals surface area contributed by atoms with Gasteiger partial charge in [-0.2, -0.15) is 4.98 Å². The molecule has 0 fully saturated rings. The average Bonchev–Trinajstić information content (AvgIpc) is 3.27. The Labute approximate surface area is 154 Å². The molecule has 0 unspecified atom stereocenters. The average molecular weight is 380 g/mol. The largest absolute Gasteiger partial charge is 0.459 e. The van der Waals surface area contributed by atoms with Crippen molar-refractivity contribution in [1.29, 1.82) is 0 Å². The van der Waals surface area contributed by atoms with Crippen molar-refractivity contribution in [3.63, 3.8) is 0 Å². The maximum atomic E-state index is 11.9. The Bertz CT molecular complexity index is 847.